The molecule has 0 aromatic heterocycles. The second kappa shape index (κ2) is 45.3. The Kier molecular flexibility index (Phi) is 44.3. The van der Waals surface area contributed by atoms with Gasteiger partial charge in [0.15, 0.2) is 0 Å². The lowest BCUT2D eigenvalue weighted by molar-refractivity contribution is -0.147. The Hall–Kier alpha value is -1.25. The molecule has 2 atom stereocenters. The molecule has 0 radical (unpaired) electrons. The highest BCUT2D eigenvalue weighted by Crippen LogP contribution is 2.42. The van der Waals surface area contributed by atoms with Crippen molar-refractivity contribution < 1.29 is 37.9 Å². The number of carbonyl (C=O) groups is 2. The molecule has 0 bridgehead atoms. The van der Waals surface area contributed by atoms with E-state index in [1.165, 1.54) is 173 Å². The molecule has 2 unspecified atom stereocenters. The Morgan fingerprint density at radius 1 is 0.517 bits per heavy atom. The van der Waals surface area contributed by atoms with Gasteiger partial charge in [-0.25, -0.2) is 4.57 Å². The van der Waals surface area contributed by atoms with Crippen LogP contribution < -0.4 is 5.32 Å². The van der Waals surface area contributed by atoms with Crippen LogP contribution in [0.1, 0.15) is 251 Å². The van der Waals surface area contributed by atoms with Crippen LogP contribution >= 0.6 is 7.82 Å². The first-order chi connectivity index (χ1) is 28.3. The molecule has 0 heterocycles. The average Bonchev–Trinajstić information content (AvgIpc) is 3.21. The summed E-state index contributed by atoms with van der Waals surface area (Å²) in [6, 6.07) is 0. The van der Waals surface area contributed by atoms with Crippen molar-refractivity contribution in [3.63, 3.8) is 0 Å². The summed E-state index contributed by atoms with van der Waals surface area (Å²) in [4.78, 5) is 34.0. The van der Waals surface area contributed by atoms with Crippen LogP contribution in [0.3, 0.4) is 0 Å². The lowest BCUT2D eigenvalue weighted by Crippen LogP contribution is -2.27. The molecule has 10 heteroatoms. The zero-order valence-corrected chi connectivity index (χ0v) is 38.9. The molecular weight excluding hydrogens is 750 g/mol. The van der Waals surface area contributed by atoms with Crippen molar-refractivity contribution in [3.05, 3.63) is 12.2 Å². The number of allylic oxidation sites excluding steroid dienone is 2. The highest BCUT2D eigenvalue weighted by atomic mass is 31.2. The lowest BCUT2D eigenvalue weighted by atomic mass is 10.0. The van der Waals surface area contributed by atoms with Crippen LogP contribution in [0.25, 0.3) is 0 Å². The Morgan fingerprint density at radius 2 is 0.879 bits per heavy atom. The largest absolute Gasteiger partial charge is 0.472 e. The number of carbonyl (C=O) groups excluding carboxylic acids is 2. The molecule has 0 fully saturated rings. The van der Waals surface area contributed by atoms with Gasteiger partial charge in [0.2, 0.25) is 5.91 Å². The van der Waals surface area contributed by atoms with Crippen LogP contribution in [-0.4, -0.2) is 54.3 Å². The van der Waals surface area contributed by atoms with Crippen molar-refractivity contribution in [2.75, 3.05) is 26.4 Å². The maximum absolute atomic E-state index is 12.1. The van der Waals surface area contributed by atoms with Crippen molar-refractivity contribution in [2.24, 2.45) is 0 Å². The first kappa shape index (κ1) is 56.8. The van der Waals surface area contributed by atoms with Crippen molar-refractivity contribution >= 4 is 19.7 Å². The maximum Gasteiger partial charge on any atom is 0.472 e. The molecule has 0 aliphatic heterocycles. The van der Waals surface area contributed by atoms with Crippen molar-refractivity contribution in [3.8, 4) is 0 Å². The summed E-state index contributed by atoms with van der Waals surface area (Å²) >= 11 is 0. The summed E-state index contributed by atoms with van der Waals surface area (Å²) in [6.07, 6.45) is 48.7. The second-order valence-electron chi connectivity index (χ2n) is 16.8. The Morgan fingerprint density at radius 3 is 1.31 bits per heavy atom. The summed E-state index contributed by atoms with van der Waals surface area (Å²) in [6.45, 7) is 3.57. The van der Waals surface area contributed by atoms with Crippen LogP contribution in [0.2, 0.25) is 0 Å². The number of hydrogen-bond donors (Lipinski definition) is 3. The predicted octanol–water partition coefficient (Wildman–Crippen LogP) is 14.2. The van der Waals surface area contributed by atoms with Gasteiger partial charge in [-0.1, -0.05) is 212 Å². The number of unbranched alkanes of at least 4 members (excludes halogenated alkanes) is 32. The third kappa shape index (κ3) is 45.8. The summed E-state index contributed by atoms with van der Waals surface area (Å²) < 4.78 is 26.9. The zero-order chi connectivity index (χ0) is 42.5. The van der Waals surface area contributed by atoms with Crippen molar-refractivity contribution in [1.82, 2.24) is 5.32 Å². The molecule has 344 valence electrons. The smallest absolute Gasteiger partial charge is 0.463 e. The fraction of sp³-hybridized carbons (Fsp3) is 0.917. The maximum atomic E-state index is 12.1. The SMILES string of the molecule is CCCCCC/C=C\CCCCCCCC(=O)NCCOP(=O)(O)OCC(O)COC(=O)CCCCCCCCCCCCCCCCCCCCCCCCCC. The van der Waals surface area contributed by atoms with E-state index >= 15 is 0 Å². The molecule has 0 aliphatic carbocycles. The molecule has 0 aromatic carbocycles. The van der Waals surface area contributed by atoms with Gasteiger partial charge in [-0.3, -0.25) is 18.6 Å². The van der Waals surface area contributed by atoms with Gasteiger partial charge < -0.3 is 20.1 Å². The van der Waals surface area contributed by atoms with Crippen LogP contribution in [0.15, 0.2) is 12.2 Å². The molecule has 1 amide bonds. The monoisotopic (exact) mass is 844 g/mol. The summed E-state index contributed by atoms with van der Waals surface area (Å²) in [5.41, 5.74) is 0. The minimum Gasteiger partial charge on any atom is -0.463 e. The number of phosphoric ester groups is 1. The number of aliphatic hydroxyl groups excluding tert-OH is 1. The van der Waals surface area contributed by atoms with E-state index in [9.17, 15) is 24.2 Å². The van der Waals surface area contributed by atoms with Gasteiger partial charge in [-0.05, 0) is 38.5 Å². The van der Waals surface area contributed by atoms with Crippen molar-refractivity contribution in [2.45, 2.75) is 258 Å². The number of ether oxygens (including phenoxy) is 1. The molecule has 0 saturated heterocycles. The molecular formula is C48H94NO8P. The Balaban J connectivity index is 3.50. The quantitative estimate of drug-likeness (QED) is 0.0239. The fourth-order valence-corrected chi connectivity index (χ4v) is 7.96. The summed E-state index contributed by atoms with van der Waals surface area (Å²) in [5, 5.41) is 12.7. The minimum atomic E-state index is -4.41. The van der Waals surface area contributed by atoms with Gasteiger partial charge in [0.05, 0.1) is 13.2 Å². The minimum absolute atomic E-state index is 0.0807. The molecule has 58 heavy (non-hydrogen) atoms. The van der Waals surface area contributed by atoms with Crippen LogP contribution in [0.5, 0.6) is 0 Å². The van der Waals surface area contributed by atoms with Gasteiger partial charge in [-0.15, -0.1) is 0 Å². The zero-order valence-electron chi connectivity index (χ0n) is 38.0. The third-order valence-electron chi connectivity index (χ3n) is 10.9. The van der Waals surface area contributed by atoms with E-state index in [-0.39, 0.29) is 32.1 Å². The second-order valence-corrected chi connectivity index (χ2v) is 18.2. The topological polar surface area (TPSA) is 131 Å². The van der Waals surface area contributed by atoms with E-state index in [1.54, 1.807) is 0 Å². The first-order valence-electron chi connectivity index (χ1n) is 24.7. The molecule has 0 saturated carbocycles. The van der Waals surface area contributed by atoms with E-state index in [4.69, 9.17) is 13.8 Å². The molecule has 9 nitrogen and oxygen atoms in total. The normalized spacial score (nSPS) is 13.2. The van der Waals surface area contributed by atoms with Crippen LogP contribution in [-0.2, 0) is 27.9 Å². The van der Waals surface area contributed by atoms with E-state index < -0.39 is 26.5 Å². The number of phosphoric acid groups is 1. The third-order valence-corrected chi connectivity index (χ3v) is 11.9. The predicted molar refractivity (Wildman–Crippen MR) is 243 cm³/mol. The molecule has 3 N–H and O–H groups in total. The van der Waals surface area contributed by atoms with Gasteiger partial charge in [0.1, 0.15) is 12.7 Å². The number of rotatable bonds is 47. The number of aliphatic hydroxyl groups is 1. The number of esters is 1. The van der Waals surface area contributed by atoms with Crippen LogP contribution in [0.4, 0.5) is 0 Å². The van der Waals surface area contributed by atoms with Gasteiger partial charge >= 0.3 is 13.8 Å². The Bertz CT molecular complexity index is 964. The van der Waals surface area contributed by atoms with Gasteiger partial charge in [0, 0.05) is 19.4 Å². The van der Waals surface area contributed by atoms with Gasteiger partial charge in [0.25, 0.3) is 0 Å². The number of amides is 1. The van der Waals surface area contributed by atoms with E-state index in [2.05, 4.69) is 31.3 Å². The molecule has 0 spiro atoms. The Labute approximate surface area is 358 Å². The number of hydrogen-bond acceptors (Lipinski definition) is 7. The van der Waals surface area contributed by atoms with E-state index in [1.807, 2.05) is 0 Å². The first-order valence-corrected chi connectivity index (χ1v) is 26.2. The standard InChI is InChI=1S/C48H94NO8P/c1-3-5-7-9-11-13-15-17-18-19-20-21-22-23-24-25-26-27-29-31-33-35-37-39-41-48(52)55-44-46(50)45-57-58(53,54)56-43-42-49-47(51)40-38-36-34-32-30-28-16-14-12-10-8-6-4-2/h14,16,46,50H,3-13,15,17-45H2,1-2H3,(H,49,51)(H,53,54)/b16-14-. The molecule has 0 aliphatic rings. The lowest BCUT2D eigenvalue weighted by Gasteiger charge is -2.15. The fourth-order valence-electron chi connectivity index (χ4n) is 7.20. The van der Waals surface area contributed by atoms with Crippen molar-refractivity contribution in [1.29, 1.82) is 0 Å². The highest BCUT2D eigenvalue weighted by Gasteiger charge is 2.23. The number of nitrogens with one attached hydrogen (secondary N) is 1. The highest BCUT2D eigenvalue weighted by molar-refractivity contribution is 7.47. The molecule has 0 rings (SSSR count). The van der Waals surface area contributed by atoms with E-state index in [0.29, 0.717) is 6.42 Å². The van der Waals surface area contributed by atoms with Gasteiger partial charge in [-0.2, -0.15) is 0 Å². The summed E-state index contributed by atoms with van der Waals surface area (Å²) in [7, 11) is -4.41. The van der Waals surface area contributed by atoms with Crippen LogP contribution in [0, 0.1) is 0 Å². The summed E-state index contributed by atoms with van der Waals surface area (Å²) in [5.74, 6) is -0.514. The van der Waals surface area contributed by atoms with E-state index in [0.717, 1.165) is 51.4 Å². The molecule has 0 aromatic rings. The average molecular weight is 844 g/mol.